The fourth-order valence-electron chi connectivity index (χ4n) is 2.10. The summed E-state index contributed by atoms with van der Waals surface area (Å²) in [6, 6.07) is 3.07. The first-order valence-corrected chi connectivity index (χ1v) is 7.61. The normalized spacial score (nSPS) is 15.9. The topological polar surface area (TPSA) is 80.5 Å². The van der Waals surface area contributed by atoms with E-state index in [-0.39, 0.29) is 10.5 Å². The van der Waals surface area contributed by atoms with Gasteiger partial charge in [-0.05, 0) is 31.5 Å². The predicted octanol–water partition coefficient (Wildman–Crippen LogP) is 1.27. The largest absolute Gasteiger partial charge is 0.334 e. The molecule has 20 heavy (non-hydrogen) atoms. The number of nitrogens with zero attached hydrogens (tertiary/aromatic N) is 1. The number of primary sulfonamides is 1. The van der Waals surface area contributed by atoms with Crippen molar-refractivity contribution < 1.29 is 17.6 Å². The van der Waals surface area contributed by atoms with E-state index < -0.39 is 21.7 Å². The number of hydrogen-bond acceptors (Lipinski definition) is 3. The second-order valence-electron chi connectivity index (χ2n) is 4.75. The molecule has 0 aromatic heterocycles. The van der Waals surface area contributed by atoms with E-state index >= 15 is 0 Å². The number of carbonyl (C=O) groups is 1. The minimum atomic E-state index is -3.98. The van der Waals surface area contributed by atoms with Crippen LogP contribution in [0.2, 0.25) is 0 Å². The van der Waals surface area contributed by atoms with Crippen LogP contribution in [0.5, 0.6) is 0 Å². The van der Waals surface area contributed by atoms with Crippen molar-refractivity contribution in [3.63, 3.8) is 0 Å². The first kappa shape index (κ1) is 14.7. The van der Waals surface area contributed by atoms with Gasteiger partial charge in [0, 0.05) is 13.1 Å². The van der Waals surface area contributed by atoms with Crippen LogP contribution in [0, 0.1) is 5.82 Å². The number of nitrogens with two attached hydrogens (primary N) is 1. The molecule has 0 unspecified atom stereocenters. The third-order valence-electron chi connectivity index (χ3n) is 3.12. The van der Waals surface area contributed by atoms with Gasteiger partial charge in [-0.3, -0.25) is 4.79 Å². The molecule has 0 aliphatic carbocycles. The maximum Gasteiger partial charge on any atom is 0.257 e. The molecule has 0 bridgehead atoms. The number of carbonyl (C=O) groups excluding carboxylic acids is 1. The van der Waals surface area contributed by atoms with Crippen molar-refractivity contribution in [2.45, 2.75) is 18.2 Å². The Balaban J connectivity index is 2.30. The molecule has 1 aliphatic rings. The summed E-state index contributed by atoms with van der Waals surface area (Å²) in [7, 11) is -3.98. The highest BCUT2D eigenvalue weighted by atomic mass is 32.2. The Bertz CT molecular complexity index is 683. The summed E-state index contributed by atoms with van der Waals surface area (Å²) in [5.74, 6) is -1.33. The number of sulfonamides is 1. The van der Waals surface area contributed by atoms with E-state index in [9.17, 15) is 17.6 Å². The summed E-state index contributed by atoms with van der Waals surface area (Å²) in [4.78, 5) is 13.4. The molecular formula is C13H15FN2O3S. The molecule has 1 amide bonds. The molecule has 0 saturated carbocycles. The molecule has 0 fully saturated rings. The smallest absolute Gasteiger partial charge is 0.257 e. The monoisotopic (exact) mass is 298 g/mol. The van der Waals surface area contributed by atoms with Crippen LogP contribution >= 0.6 is 0 Å². The van der Waals surface area contributed by atoms with Gasteiger partial charge in [-0.1, -0.05) is 11.6 Å². The number of hydrogen-bond donors (Lipinski definition) is 1. The van der Waals surface area contributed by atoms with Crippen LogP contribution in [0.1, 0.15) is 23.7 Å². The highest BCUT2D eigenvalue weighted by Crippen LogP contribution is 2.18. The second-order valence-corrected chi connectivity index (χ2v) is 6.31. The molecule has 1 aromatic carbocycles. The number of rotatable bonds is 2. The van der Waals surface area contributed by atoms with E-state index in [0.29, 0.717) is 13.1 Å². The Morgan fingerprint density at radius 1 is 1.40 bits per heavy atom. The number of amides is 1. The van der Waals surface area contributed by atoms with Gasteiger partial charge >= 0.3 is 0 Å². The van der Waals surface area contributed by atoms with Gasteiger partial charge in [0.05, 0.1) is 10.5 Å². The first-order valence-electron chi connectivity index (χ1n) is 6.06. The predicted molar refractivity (Wildman–Crippen MR) is 72.1 cm³/mol. The summed E-state index contributed by atoms with van der Waals surface area (Å²) in [5.41, 5.74) is 0.901. The highest BCUT2D eigenvalue weighted by Gasteiger charge is 2.22. The molecule has 0 atom stereocenters. The Morgan fingerprint density at radius 2 is 2.10 bits per heavy atom. The zero-order chi connectivity index (χ0) is 14.9. The highest BCUT2D eigenvalue weighted by molar-refractivity contribution is 7.89. The number of halogens is 1. The third kappa shape index (κ3) is 3.05. The van der Waals surface area contributed by atoms with Crippen LogP contribution in [-0.4, -0.2) is 32.3 Å². The van der Waals surface area contributed by atoms with Gasteiger partial charge < -0.3 is 4.90 Å². The van der Waals surface area contributed by atoms with Gasteiger partial charge in [0.25, 0.3) is 5.91 Å². The fraction of sp³-hybridized carbons (Fsp3) is 0.308. The maximum absolute atomic E-state index is 13.9. The molecule has 0 radical (unpaired) electrons. The van der Waals surface area contributed by atoms with Crippen LogP contribution in [0.4, 0.5) is 4.39 Å². The minimum absolute atomic E-state index is 0.146. The molecule has 5 nitrogen and oxygen atoms in total. The van der Waals surface area contributed by atoms with Crippen LogP contribution < -0.4 is 5.14 Å². The van der Waals surface area contributed by atoms with E-state index in [1.807, 2.05) is 13.0 Å². The van der Waals surface area contributed by atoms with Crippen molar-refractivity contribution in [1.82, 2.24) is 4.90 Å². The third-order valence-corrected chi connectivity index (χ3v) is 4.03. The molecule has 0 spiro atoms. The summed E-state index contributed by atoms with van der Waals surface area (Å²) in [6.45, 7) is 2.88. The molecule has 1 aliphatic heterocycles. The van der Waals surface area contributed by atoms with Gasteiger partial charge in [-0.15, -0.1) is 0 Å². The molecule has 1 aromatic rings. The lowest BCUT2D eigenvalue weighted by molar-refractivity contribution is 0.0761. The summed E-state index contributed by atoms with van der Waals surface area (Å²) < 4.78 is 36.1. The van der Waals surface area contributed by atoms with Gasteiger partial charge in [0.2, 0.25) is 10.0 Å². The van der Waals surface area contributed by atoms with Crippen molar-refractivity contribution in [2.24, 2.45) is 5.14 Å². The number of benzene rings is 1. The van der Waals surface area contributed by atoms with Gasteiger partial charge in [-0.25, -0.2) is 17.9 Å². The molecule has 2 N–H and O–H groups in total. The fourth-order valence-corrected chi connectivity index (χ4v) is 2.63. The van der Waals surface area contributed by atoms with Crippen molar-refractivity contribution in [3.8, 4) is 0 Å². The van der Waals surface area contributed by atoms with E-state index in [0.717, 1.165) is 30.2 Å². The first-order chi connectivity index (χ1) is 9.29. The van der Waals surface area contributed by atoms with Gasteiger partial charge in [0.15, 0.2) is 0 Å². The summed E-state index contributed by atoms with van der Waals surface area (Å²) >= 11 is 0. The maximum atomic E-state index is 13.9. The van der Waals surface area contributed by atoms with E-state index in [1.165, 1.54) is 4.90 Å². The lowest BCUT2D eigenvalue weighted by Crippen LogP contribution is -2.35. The molecular weight excluding hydrogens is 283 g/mol. The van der Waals surface area contributed by atoms with Crippen LogP contribution in [0.3, 0.4) is 0 Å². The van der Waals surface area contributed by atoms with Gasteiger partial charge in [0.1, 0.15) is 5.82 Å². The lowest BCUT2D eigenvalue weighted by Gasteiger charge is -2.26. The summed E-state index contributed by atoms with van der Waals surface area (Å²) in [5, 5.41) is 4.92. The van der Waals surface area contributed by atoms with E-state index in [4.69, 9.17) is 5.14 Å². The Labute approximate surface area is 116 Å². The van der Waals surface area contributed by atoms with E-state index in [1.54, 1.807) is 0 Å². The molecule has 1 heterocycles. The zero-order valence-corrected chi connectivity index (χ0v) is 11.8. The van der Waals surface area contributed by atoms with E-state index in [2.05, 4.69) is 0 Å². The SMILES string of the molecule is CC1=CCCN(C(=O)c2ccc(S(N)(=O)=O)cc2F)C1. The Kier molecular flexibility index (Phi) is 3.92. The van der Waals surface area contributed by atoms with Crippen molar-refractivity contribution >= 4 is 15.9 Å². The Morgan fingerprint density at radius 3 is 2.65 bits per heavy atom. The molecule has 7 heteroatoms. The minimum Gasteiger partial charge on any atom is -0.334 e. The molecule has 2 rings (SSSR count). The molecule has 108 valence electrons. The summed E-state index contributed by atoms with van der Waals surface area (Å²) in [6.07, 6.45) is 2.76. The van der Waals surface area contributed by atoms with Crippen LogP contribution in [0.15, 0.2) is 34.7 Å². The zero-order valence-electron chi connectivity index (χ0n) is 11.0. The van der Waals surface area contributed by atoms with Crippen LogP contribution in [-0.2, 0) is 10.0 Å². The average molecular weight is 298 g/mol. The van der Waals surface area contributed by atoms with Gasteiger partial charge in [-0.2, -0.15) is 0 Å². The standard InChI is InChI=1S/C13H15FN2O3S/c1-9-3-2-6-16(8-9)13(17)11-5-4-10(7-12(11)14)20(15,18)19/h3-5,7H,2,6,8H2,1H3,(H2,15,18,19). The molecule has 0 saturated heterocycles. The average Bonchev–Trinajstić information content (AvgIpc) is 2.36. The van der Waals surface area contributed by atoms with Crippen molar-refractivity contribution in [3.05, 3.63) is 41.2 Å². The lowest BCUT2D eigenvalue weighted by atomic mass is 10.1. The Hall–Kier alpha value is -1.73. The van der Waals surface area contributed by atoms with Crippen LogP contribution in [0.25, 0.3) is 0 Å². The quantitative estimate of drug-likeness (QED) is 0.835. The van der Waals surface area contributed by atoms with Crippen molar-refractivity contribution in [2.75, 3.05) is 13.1 Å². The van der Waals surface area contributed by atoms with Crippen molar-refractivity contribution in [1.29, 1.82) is 0 Å². The second kappa shape index (κ2) is 5.34.